The van der Waals surface area contributed by atoms with Crippen molar-refractivity contribution in [2.45, 2.75) is 9.79 Å². The summed E-state index contributed by atoms with van der Waals surface area (Å²) in [5.41, 5.74) is -0.0525. The Kier molecular flexibility index (Phi) is 4.93. The zero-order valence-electron chi connectivity index (χ0n) is 12.4. The van der Waals surface area contributed by atoms with Crippen molar-refractivity contribution in [3.05, 3.63) is 40.8 Å². The summed E-state index contributed by atoms with van der Waals surface area (Å²) in [6.45, 7) is 0. The van der Waals surface area contributed by atoms with Crippen LogP contribution in [0.25, 0.3) is 0 Å². The van der Waals surface area contributed by atoms with E-state index in [9.17, 15) is 18.5 Å². The Morgan fingerprint density at radius 3 is 2.48 bits per heavy atom. The summed E-state index contributed by atoms with van der Waals surface area (Å²) >= 11 is 0.945. The number of aldehydes is 1. The van der Waals surface area contributed by atoms with Gasteiger partial charge < -0.3 is 4.90 Å². The number of benzene rings is 1. The Balaban J connectivity index is 2.77. The number of carbonyl (C=O) groups excluding carboxylic acids is 1. The van der Waals surface area contributed by atoms with Gasteiger partial charge in [-0.1, -0.05) is 18.2 Å². The lowest BCUT2D eigenvalue weighted by Gasteiger charge is -2.10. The molecule has 0 fully saturated rings. The van der Waals surface area contributed by atoms with Gasteiger partial charge in [0.2, 0.25) is 9.84 Å². The van der Waals surface area contributed by atoms with Crippen LogP contribution in [0.15, 0.2) is 45.1 Å². The van der Waals surface area contributed by atoms with E-state index in [0.717, 1.165) is 11.3 Å². The highest BCUT2D eigenvalue weighted by atomic mass is 32.2. The lowest BCUT2D eigenvalue weighted by Crippen LogP contribution is -2.14. The summed E-state index contributed by atoms with van der Waals surface area (Å²) < 4.78 is 25.7. The normalized spacial score (nSPS) is 11.3. The molecule has 0 spiro atoms. The molecule has 8 heteroatoms. The molecule has 0 amide bonds. The van der Waals surface area contributed by atoms with Crippen molar-refractivity contribution in [1.82, 2.24) is 0 Å². The summed E-state index contributed by atoms with van der Waals surface area (Å²) in [5, 5.41) is 9.80. The van der Waals surface area contributed by atoms with Gasteiger partial charge in [-0.2, -0.15) is 5.26 Å². The van der Waals surface area contributed by atoms with Crippen LogP contribution in [0.4, 0.5) is 5.00 Å². The van der Waals surface area contributed by atoms with E-state index in [2.05, 4.69) is 4.99 Å². The lowest BCUT2D eigenvalue weighted by molar-refractivity contribution is 0.112. The number of sulfone groups is 1. The van der Waals surface area contributed by atoms with Gasteiger partial charge in [-0.15, -0.1) is 11.3 Å². The van der Waals surface area contributed by atoms with Crippen LogP contribution in [-0.2, 0) is 9.84 Å². The third kappa shape index (κ3) is 3.02. The topological polar surface area (TPSA) is 90.6 Å². The monoisotopic (exact) mass is 347 g/mol. The molecular formula is C15H13N3O3S2. The maximum Gasteiger partial charge on any atom is 0.209 e. The summed E-state index contributed by atoms with van der Waals surface area (Å²) in [6, 6.07) is 9.63. The SMILES string of the molecule is CN=CN(C)c1sc(C=O)c(S(=O)(=O)c2ccccc2)c1C#N. The minimum absolute atomic E-state index is 0.00300. The maximum absolute atomic E-state index is 12.8. The highest BCUT2D eigenvalue weighted by molar-refractivity contribution is 7.91. The average molecular weight is 347 g/mol. The molecule has 0 aliphatic heterocycles. The van der Waals surface area contributed by atoms with Crippen LogP contribution < -0.4 is 4.90 Å². The third-order valence-electron chi connectivity index (χ3n) is 3.02. The van der Waals surface area contributed by atoms with Crippen LogP contribution in [0.3, 0.4) is 0 Å². The molecule has 2 aromatic rings. The van der Waals surface area contributed by atoms with Crippen molar-refractivity contribution < 1.29 is 13.2 Å². The van der Waals surface area contributed by atoms with Crippen LogP contribution >= 0.6 is 11.3 Å². The molecule has 0 unspecified atom stereocenters. The highest BCUT2D eigenvalue weighted by Gasteiger charge is 2.31. The van der Waals surface area contributed by atoms with Gasteiger partial charge in [0.25, 0.3) is 0 Å². The Hall–Kier alpha value is -2.50. The van der Waals surface area contributed by atoms with Crippen LogP contribution in [0, 0.1) is 11.3 Å². The van der Waals surface area contributed by atoms with E-state index in [-0.39, 0.29) is 20.2 Å². The van der Waals surface area contributed by atoms with E-state index < -0.39 is 9.84 Å². The molecule has 1 aromatic carbocycles. The molecule has 0 N–H and O–H groups in total. The van der Waals surface area contributed by atoms with Gasteiger partial charge in [-0.05, 0) is 12.1 Å². The maximum atomic E-state index is 12.8. The smallest absolute Gasteiger partial charge is 0.209 e. The number of aliphatic imine (C=N–C) groups is 1. The third-order valence-corrected chi connectivity index (χ3v) is 6.21. The number of hydrogen-bond acceptors (Lipinski definition) is 6. The van der Waals surface area contributed by atoms with Crippen molar-refractivity contribution in [3.8, 4) is 6.07 Å². The number of nitrogens with zero attached hydrogens (tertiary/aromatic N) is 3. The predicted molar refractivity (Wildman–Crippen MR) is 89.1 cm³/mol. The summed E-state index contributed by atoms with van der Waals surface area (Å²) in [7, 11) is -0.781. The molecule has 0 saturated heterocycles. The molecule has 6 nitrogen and oxygen atoms in total. The van der Waals surface area contributed by atoms with E-state index in [0.29, 0.717) is 11.3 Å². The molecule has 0 radical (unpaired) electrons. The minimum Gasteiger partial charge on any atom is -0.326 e. The van der Waals surface area contributed by atoms with Gasteiger partial charge in [0.1, 0.15) is 21.5 Å². The van der Waals surface area contributed by atoms with Crippen LogP contribution in [0.5, 0.6) is 0 Å². The first-order valence-electron chi connectivity index (χ1n) is 6.44. The number of anilines is 1. The van der Waals surface area contributed by atoms with Crippen LogP contribution in [-0.4, -0.2) is 35.1 Å². The first-order valence-corrected chi connectivity index (χ1v) is 8.74. The van der Waals surface area contributed by atoms with Gasteiger partial charge in [0.05, 0.1) is 16.1 Å². The largest absolute Gasteiger partial charge is 0.326 e. The van der Waals surface area contributed by atoms with E-state index in [1.807, 2.05) is 6.07 Å². The number of carbonyl (C=O) groups is 1. The second-order valence-electron chi connectivity index (χ2n) is 4.51. The first-order chi connectivity index (χ1) is 11.0. The Morgan fingerprint density at radius 2 is 1.96 bits per heavy atom. The zero-order valence-corrected chi connectivity index (χ0v) is 14.1. The Labute approximate surface area is 138 Å². The molecule has 118 valence electrons. The summed E-state index contributed by atoms with van der Waals surface area (Å²) in [5.74, 6) is 0. The molecular weight excluding hydrogens is 334 g/mol. The van der Waals surface area contributed by atoms with Crippen molar-refractivity contribution in [2.75, 3.05) is 19.0 Å². The average Bonchev–Trinajstić information content (AvgIpc) is 2.95. The number of nitriles is 1. The molecule has 0 atom stereocenters. The quantitative estimate of drug-likeness (QED) is 0.470. The minimum atomic E-state index is -3.97. The van der Waals surface area contributed by atoms with Gasteiger partial charge in [0.15, 0.2) is 6.29 Å². The standard InChI is InChI=1S/C15H13N3O3S2/c1-17-10-18(2)15-12(8-16)14(13(9-19)22-15)23(20,21)11-6-4-3-5-7-11/h3-7,9-10H,1-2H3. The second-order valence-corrected chi connectivity index (χ2v) is 7.42. The number of thiophene rings is 1. The molecule has 0 aliphatic carbocycles. The molecule has 2 rings (SSSR count). The molecule has 1 heterocycles. The Bertz CT molecular complexity index is 894. The zero-order chi connectivity index (χ0) is 17.0. The van der Waals surface area contributed by atoms with E-state index in [4.69, 9.17) is 0 Å². The molecule has 0 aliphatic rings. The fourth-order valence-corrected chi connectivity index (χ4v) is 4.94. The van der Waals surface area contributed by atoms with Gasteiger partial charge in [-0.25, -0.2) is 8.42 Å². The van der Waals surface area contributed by atoms with Gasteiger partial charge in [0, 0.05) is 14.1 Å². The molecule has 0 saturated carbocycles. The summed E-state index contributed by atoms with van der Waals surface area (Å²) in [6.07, 6.45) is 1.90. The number of rotatable bonds is 5. The fraction of sp³-hybridized carbons (Fsp3) is 0.133. The van der Waals surface area contributed by atoms with Gasteiger partial charge in [-0.3, -0.25) is 9.79 Å². The highest BCUT2D eigenvalue weighted by Crippen LogP contribution is 2.39. The second kappa shape index (κ2) is 6.73. The molecule has 1 aromatic heterocycles. The van der Waals surface area contributed by atoms with Crippen molar-refractivity contribution in [2.24, 2.45) is 4.99 Å². The lowest BCUT2D eigenvalue weighted by atomic mass is 10.3. The van der Waals surface area contributed by atoms with E-state index in [1.165, 1.54) is 23.4 Å². The van der Waals surface area contributed by atoms with E-state index in [1.54, 1.807) is 32.3 Å². The number of hydrogen-bond donors (Lipinski definition) is 0. The molecule has 0 bridgehead atoms. The van der Waals surface area contributed by atoms with Crippen LogP contribution in [0.2, 0.25) is 0 Å². The van der Waals surface area contributed by atoms with Crippen molar-refractivity contribution in [1.29, 1.82) is 5.26 Å². The predicted octanol–water partition coefficient (Wildman–Crippen LogP) is 2.36. The first kappa shape index (κ1) is 16.9. The molecule has 23 heavy (non-hydrogen) atoms. The summed E-state index contributed by atoms with van der Waals surface area (Å²) in [4.78, 5) is 16.5. The van der Waals surface area contributed by atoms with E-state index >= 15 is 0 Å². The van der Waals surface area contributed by atoms with Gasteiger partial charge >= 0.3 is 0 Å². The fourth-order valence-electron chi connectivity index (χ4n) is 2.06. The van der Waals surface area contributed by atoms with Crippen LogP contribution in [0.1, 0.15) is 15.2 Å². The van der Waals surface area contributed by atoms with Crippen molar-refractivity contribution >= 4 is 38.8 Å². The Morgan fingerprint density at radius 1 is 1.30 bits per heavy atom. The van der Waals surface area contributed by atoms with Crippen molar-refractivity contribution in [3.63, 3.8) is 0 Å².